The van der Waals surface area contributed by atoms with Crippen LogP contribution in [-0.2, 0) is 4.79 Å². The number of aliphatic hydroxyl groups is 1. The van der Waals surface area contributed by atoms with Gasteiger partial charge in [0.25, 0.3) is 0 Å². The number of benzene rings is 1. The Morgan fingerprint density at radius 1 is 1.31 bits per heavy atom. The molecule has 0 fully saturated rings. The zero-order valence-electron chi connectivity index (χ0n) is 7.62. The average molecular weight is 271 g/mol. The summed E-state index contributed by atoms with van der Waals surface area (Å²) in [6.07, 6.45) is -2.47. The fraction of sp³-hybridized carbons (Fsp3) is 0.222. The molecule has 1 aromatic carbocycles. The Kier molecular flexibility index (Phi) is 3.72. The van der Waals surface area contributed by atoms with Crippen LogP contribution in [0.1, 0.15) is 11.7 Å². The maximum absolute atomic E-state index is 12.9. The molecule has 16 heavy (non-hydrogen) atoms. The van der Waals surface area contributed by atoms with Crippen LogP contribution in [0.4, 0.5) is 8.78 Å². The summed E-state index contributed by atoms with van der Waals surface area (Å²) in [5, 5.41) is 17.5. The van der Waals surface area contributed by atoms with Crippen LogP contribution in [-0.4, -0.2) is 22.1 Å². The maximum Gasteiger partial charge on any atom is 0.377 e. The molecule has 1 unspecified atom stereocenters. The van der Waals surface area contributed by atoms with Crippen LogP contribution in [0.25, 0.3) is 0 Å². The van der Waals surface area contributed by atoms with Gasteiger partial charge in [0, 0.05) is 0 Å². The first kappa shape index (κ1) is 13.2. The number of carboxylic acid groups (broad SMARTS) is 1. The highest BCUT2D eigenvalue weighted by atomic mass is 35.5. The largest absolute Gasteiger partial charge is 0.477 e. The van der Waals surface area contributed by atoms with Gasteiger partial charge in [-0.2, -0.15) is 8.78 Å². The van der Waals surface area contributed by atoms with E-state index in [2.05, 4.69) is 0 Å². The Morgan fingerprint density at radius 3 is 2.31 bits per heavy atom. The van der Waals surface area contributed by atoms with Gasteiger partial charge in [0.05, 0.1) is 10.0 Å². The summed E-state index contributed by atoms with van der Waals surface area (Å²) in [6, 6.07) is 3.27. The summed E-state index contributed by atoms with van der Waals surface area (Å²) in [7, 11) is 0. The molecule has 0 spiro atoms. The number of aliphatic carboxylic acids is 1. The summed E-state index contributed by atoms with van der Waals surface area (Å²) in [4.78, 5) is 10.2. The molecule has 0 amide bonds. The van der Waals surface area contributed by atoms with E-state index in [0.717, 1.165) is 12.1 Å². The highest BCUT2D eigenvalue weighted by Crippen LogP contribution is 2.34. The van der Waals surface area contributed by atoms with E-state index in [1.807, 2.05) is 0 Å². The lowest BCUT2D eigenvalue weighted by Gasteiger charge is -2.18. The van der Waals surface area contributed by atoms with Gasteiger partial charge in [0.1, 0.15) is 0 Å². The van der Waals surface area contributed by atoms with E-state index in [1.165, 1.54) is 6.07 Å². The lowest BCUT2D eigenvalue weighted by Crippen LogP contribution is -2.35. The molecule has 0 saturated carbocycles. The van der Waals surface area contributed by atoms with E-state index in [1.54, 1.807) is 0 Å². The molecule has 1 aromatic rings. The number of hydrogen-bond donors (Lipinski definition) is 2. The predicted octanol–water partition coefficient (Wildman–Crippen LogP) is 2.75. The molecule has 0 saturated heterocycles. The van der Waals surface area contributed by atoms with Crippen molar-refractivity contribution in [2.75, 3.05) is 0 Å². The SMILES string of the molecule is O=C(O)C(F)(F)C(O)c1ccc(Cl)c(Cl)c1. The minimum atomic E-state index is -4.28. The molecule has 0 aliphatic heterocycles. The normalized spacial score (nSPS) is 13.6. The van der Waals surface area contributed by atoms with E-state index in [4.69, 9.17) is 28.3 Å². The average Bonchev–Trinajstić information content (AvgIpc) is 2.20. The van der Waals surface area contributed by atoms with Gasteiger partial charge in [0.15, 0.2) is 6.10 Å². The first-order valence-corrected chi connectivity index (χ1v) is 4.76. The van der Waals surface area contributed by atoms with Gasteiger partial charge >= 0.3 is 11.9 Å². The van der Waals surface area contributed by atoms with Crippen molar-refractivity contribution in [1.29, 1.82) is 0 Å². The van der Waals surface area contributed by atoms with Crippen molar-refractivity contribution >= 4 is 29.2 Å². The summed E-state index contributed by atoms with van der Waals surface area (Å²) in [5.74, 6) is -6.69. The second-order valence-electron chi connectivity index (χ2n) is 3.00. The molecule has 1 rings (SSSR count). The van der Waals surface area contributed by atoms with Crippen LogP contribution in [0.2, 0.25) is 10.0 Å². The molecule has 0 aromatic heterocycles. The molecule has 88 valence electrons. The molecule has 0 heterocycles. The summed E-state index contributed by atoms with van der Waals surface area (Å²) in [5.41, 5.74) is -0.318. The summed E-state index contributed by atoms with van der Waals surface area (Å²) in [6.45, 7) is 0. The van der Waals surface area contributed by atoms with Crippen LogP contribution in [0.3, 0.4) is 0 Å². The Morgan fingerprint density at radius 2 is 1.88 bits per heavy atom. The predicted molar refractivity (Wildman–Crippen MR) is 54.0 cm³/mol. The van der Waals surface area contributed by atoms with E-state index >= 15 is 0 Å². The third-order valence-electron chi connectivity index (χ3n) is 1.89. The number of alkyl halides is 2. The van der Waals surface area contributed by atoms with Crippen LogP contribution in [0.15, 0.2) is 18.2 Å². The molecule has 0 aliphatic rings. The zero-order chi connectivity index (χ0) is 12.5. The van der Waals surface area contributed by atoms with Crippen molar-refractivity contribution < 1.29 is 23.8 Å². The van der Waals surface area contributed by atoms with Gasteiger partial charge in [-0.05, 0) is 17.7 Å². The third-order valence-corrected chi connectivity index (χ3v) is 2.63. The minimum absolute atomic E-state index is 0.0422. The Hall–Kier alpha value is -0.910. The monoisotopic (exact) mass is 270 g/mol. The Bertz CT molecular complexity index is 423. The Balaban J connectivity index is 3.10. The third kappa shape index (κ3) is 2.42. The van der Waals surface area contributed by atoms with E-state index < -0.39 is 18.0 Å². The topological polar surface area (TPSA) is 57.5 Å². The number of halogens is 4. The first-order chi connectivity index (χ1) is 7.26. The van der Waals surface area contributed by atoms with Gasteiger partial charge < -0.3 is 10.2 Å². The molecule has 0 radical (unpaired) electrons. The maximum atomic E-state index is 12.9. The molecular weight excluding hydrogens is 265 g/mol. The summed E-state index contributed by atoms with van der Waals surface area (Å²) < 4.78 is 25.9. The Labute approximate surface area is 99.2 Å². The fourth-order valence-electron chi connectivity index (χ4n) is 1.01. The first-order valence-electron chi connectivity index (χ1n) is 4.01. The lowest BCUT2D eigenvalue weighted by molar-refractivity contribution is -0.182. The number of hydrogen-bond acceptors (Lipinski definition) is 2. The van der Waals surface area contributed by atoms with Gasteiger partial charge in [-0.3, -0.25) is 0 Å². The van der Waals surface area contributed by atoms with Gasteiger partial charge in [-0.25, -0.2) is 4.79 Å². The number of rotatable bonds is 3. The number of carboxylic acids is 1. The lowest BCUT2D eigenvalue weighted by atomic mass is 10.0. The smallest absolute Gasteiger partial charge is 0.377 e. The van der Waals surface area contributed by atoms with Gasteiger partial charge in [-0.15, -0.1) is 0 Å². The van der Waals surface area contributed by atoms with Crippen molar-refractivity contribution in [2.45, 2.75) is 12.0 Å². The van der Waals surface area contributed by atoms with E-state index in [9.17, 15) is 18.7 Å². The molecule has 0 bridgehead atoms. The van der Waals surface area contributed by atoms with Crippen LogP contribution < -0.4 is 0 Å². The highest BCUT2D eigenvalue weighted by molar-refractivity contribution is 6.42. The molecule has 0 aliphatic carbocycles. The standard InChI is InChI=1S/C9H6Cl2F2O3/c10-5-2-1-4(3-6(5)11)7(14)9(12,13)8(15)16/h1-3,7,14H,(H,15,16). The van der Waals surface area contributed by atoms with Crippen molar-refractivity contribution in [3.8, 4) is 0 Å². The zero-order valence-corrected chi connectivity index (χ0v) is 9.14. The molecule has 3 nitrogen and oxygen atoms in total. The van der Waals surface area contributed by atoms with Gasteiger partial charge in [0.2, 0.25) is 0 Å². The second-order valence-corrected chi connectivity index (χ2v) is 3.82. The van der Waals surface area contributed by atoms with Crippen molar-refractivity contribution in [2.24, 2.45) is 0 Å². The fourth-order valence-corrected chi connectivity index (χ4v) is 1.32. The molecule has 2 N–H and O–H groups in total. The van der Waals surface area contributed by atoms with Crippen LogP contribution in [0.5, 0.6) is 0 Å². The van der Waals surface area contributed by atoms with Crippen LogP contribution in [0, 0.1) is 0 Å². The number of carbonyl (C=O) groups is 1. The minimum Gasteiger partial charge on any atom is -0.477 e. The molecular formula is C9H6Cl2F2O3. The van der Waals surface area contributed by atoms with Crippen LogP contribution >= 0.6 is 23.2 Å². The van der Waals surface area contributed by atoms with E-state index in [0.29, 0.717) is 0 Å². The van der Waals surface area contributed by atoms with Crippen molar-refractivity contribution in [3.63, 3.8) is 0 Å². The van der Waals surface area contributed by atoms with Crippen molar-refractivity contribution in [3.05, 3.63) is 33.8 Å². The van der Waals surface area contributed by atoms with Gasteiger partial charge in [-0.1, -0.05) is 29.3 Å². The summed E-state index contributed by atoms with van der Waals surface area (Å²) >= 11 is 11.1. The molecule has 1 atom stereocenters. The quantitative estimate of drug-likeness (QED) is 0.888. The number of aliphatic hydroxyl groups excluding tert-OH is 1. The molecule has 7 heteroatoms. The van der Waals surface area contributed by atoms with Crippen molar-refractivity contribution in [1.82, 2.24) is 0 Å². The second kappa shape index (κ2) is 4.53. The van der Waals surface area contributed by atoms with E-state index in [-0.39, 0.29) is 15.6 Å². The highest BCUT2D eigenvalue weighted by Gasteiger charge is 2.47.